The van der Waals surface area contributed by atoms with E-state index in [1.165, 1.54) is 38.9 Å². The van der Waals surface area contributed by atoms with E-state index in [0.717, 1.165) is 32.3 Å². The van der Waals surface area contributed by atoms with Crippen LogP contribution >= 0.6 is 15.9 Å². The van der Waals surface area contributed by atoms with E-state index in [1.54, 1.807) is 12.1 Å². The van der Waals surface area contributed by atoms with Crippen LogP contribution in [0.1, 0.15) is 22.3 Å². The van der Waals surface area contributed by atoms with E-state index in [2.05, 4.69) is 113 Å². The first-order valence-corrected chi connectivity index (χ1v) is 15.9. The summed E-state index contributed by atoms with van der Waals surface area (Å²) in [5, 5.41) is 0. The van der Waals surface area contributed by atoms with Crippen molar-refractivity contribution in [1.82, 2.24) is 0 Å². The third-order valence-electron chi connectivity index (χ3n) is 9.13. The van der Waals surface area contributed by atoms with Gasteiger partial charge in [0.05, 0.1) is 15.2 Å². The lowest BCUT2D eigenvalue weighted by molar-refractivity contribution is 0.598. The maximum absolute atomic E-state index is 13.8. The van der Waals surface area contributed by atoms with Gasteiger partial charge in [-0.2, -0.15) is 0 Å². The molecule has 0 saturated heterocycles. The maximum atomic E-state index is 13.8. The van der Waals surface area contributed by atoms with Crippen LogP contribution in [-0.2, 0) is 15.3 Å². The molecule has 0 N–H and O–H groups in total. The average molecular weight is 610 g/mol. The van der Waals surface area contributed by atoms with Crippen molar-refractivity contribution in [1.29, 1.82) is 0 Å². The van der Waals surface area contributed by atoms with Gasteiger partial charge < -0.3 is 0 Å². The van der Waals surface area contributed by atoms with Gasteiger partial charge in [-0.1, -0.05) is 113 Å². The van der Waals surface area contributed by atoms with E-state index >= 15 is 0 Å². The van der Waals surface area contributed by atoms with Crippen LogP contribution in [0.3, 0.4) is 0 Å². The van der Waals surface area contributed by atoms with Crippen LogP contribution in [0, 0.1) is 0 Å². The molecule has 1 heterocycles. The molecular weight excluding hydrogens is 588 g/mol. The molecule has 194 valence electrons. The molecule has 2 nitrogen and oxygen atoms in total. The summed E-state index contributed by atoms with van der Waals surface area (Å²) in [4.78, 5) is 0.779. The van der Waals surface area contributed by atoms with Gasteiger partial charge in [-0.15, -0.1) is 0 Å². The Bertz CT molecular complexity index is 2250. The number of benzene rings is 6. The zero-order valence-corrected chi connectivity index (χ0v) is 24.1. The Kier molecular flexibility index (Phi) is 4.54. The number of rotatable bonds is 0. The fourth-order valence-corrected chi connectivity index (χ4v) is 9.62. The summed E-state index contributed by atoms with van der Waals surface area (Å²) in [5.74, 6) is 0. The van der Waals surface area contributed by atoms with Crippen molar-refractivity contribution in [3.63, 3.8) is 0 Å². The zero-order valence-electron chi connectivity index (χ0n) is 21.7. The standard InChI is InChI=1S/C37H21BrO2S/c38-22-17-18-27-24-10-2-1-9-23(24)25-11-3-6-14-31(25)37(33(27)19-22)32-15-7-4-12-26(32)29-21-36-30(20-34(29)37)28-13-5-8-16-35(28)41(36,39)40/h1-21H. The van der Waals surface area contributed by atoms with E-state index in [-0.39, 0.29) is 0 Å². The fourth-order valence-electron chi connectivity index (χ4n) is 7.56. The Morgan fingerprint density at radius 3 is 1.61 bits per heavy atom. The molecule has 1 aliphatic heterocycles. The third kappa shape index (κ3) is 2.79. The predicted octanol–water partition coefficient (Wildman–Crippen LogP) is 9.27. The molecule has 2 aliphatic carbocycles. The van der Waals surface area contributed by atoms with E-state index in [1.807, 2.05) is 18.2 Å². The van der Waals surface area contributed by atoms with Crippen LogP contribution in [-0.4, -0.2) is 8.42 Å². The normalized spacial score (nSPS) is 17.9. The van der Waals surface area contributed by atoms with Crippen LogP contribution < -0.4 is 0 Å². The van der Waals surface area contributed by atoms with Gasteiger partial charge in [0.2, 0.25) is 9.84 Å². The molecule has 1 unspecified atom stereocenters. The lowest BCUT2D eigenvalue weighted by Gasteiger charge is -2.35. The maximum Gasteiger partial charge on any atom is 0.207 e. The summed E-state index contributed by atoms with van der Waals surface area (Å²) in [6, 6.07) is 44.0. The molecule has 0 radical (unpaired) electrons. The smallest absolute Gasteiger partial charge is 0.207 e. The molecule has 1 atom stereocenters. The molecule has 0 aromatic heterocycles. The second-order valence-corrected chi connectivity index (χ2v) is 13.8. The number of hydrogen-bond acceptors (Lipinski definition) is 2. The van der Waals surface area contributed by atoms with Crippen molar-refractivity contribution in [3.8, 4) is 44.5 Å². The highest BCUT2D eigenvalue weighted by Crippen LogP contribution is 2.63. The van der Waals surface area contributed by atoms with Crippen LogP contribution in [0.25, 0.3) is 44.5 Å². The van der Waals surface area contributed by atoms with Crippen LogP contribution in [0.4, 0.5) is 0 Å². The lowest BCUT2D eigenvalue weighted by atomic mass is 9.65. The summed E-state index contributed by atoms with van der Waals surface area (Å²) >= 11 is 3.81. The van der Waals surface area contributed by atoms with Gasteiger partial charge in [-0.25, -0.2) is 8.42 Å². The monoisotopic (exact) mass is 608 g/mol. The van der Waals surface area contributed by atoms with Gasteiger partial charge >= 0.3 is 0 Å². The molecule has 0 fully saturated rings. The molecule has 3 aliphatic rings. The van der Waals surface area contributed by atoms with Crippen molar-refractivity contribution in [2.45, 2.75) is 15.2 Å². The minimum atomic E-state index is -3.62. The number of sulfone groups is 1. The molecule has 0 saturated carbocycles. The topological polar surface area (TPSA) is 34.1 Å². The quantitative estimate of drug-likeness (QED) is 0.172. The Labute approximate surface area is 247 Å². The van der Waals surface area contributed by atoms with E-state index < -0.39 is 15.3 Å². The van der Waals surface area contributed by atoms with Gasteiger partial charge in [0.1, 0.15) is 0 Å². The fraction of sp³-hybridized carbons (Fsp3) is 0.0270. The first kappa shape index (κ1) is 23.5. The second-order valence-electron chi connectivity index (χ2n) is 11.0. The molecule has 9 rings (SSSR count). The summed E-state index contributed by atoms with van der Waals surface area (Å²) < 4.78 is 28.6. The Morgan fingerprint density at radius 1 is 0.415 bits per heavy atom. The van der Waals surface area contributed by atoms with Gasteiger partial charge in [-0.3, -0.25) is 0 Å². The van der Waals surface area contributed by atoms with Crippen LogP contribution in [0.15, 0.2) is 142 Å². The molecule has 1 spiro atoms. The summed E-state index contributed by atoms with van der Waals surface area (Å²) in [6.45, 7) is 0. The first-order chi connectivity index (χ1) is 20.0. The van der Waals surface area contributed by atoms with E-state index in [9.17, 15) is 8.42 Å². The number of halogens is 1. The highest BCUT2D eigenvalue weighted by molar-refractivity contribution is 9.10. The third-order valence-corrected chi connectivity index (χ3v) is 11.5. The highest BCUT2D eigenvalue weighted by Gasteiger charge is 2.51. The van der Waals surface area contributed by atoms with E-state index in [0.29, 0.717) is 9.79 Å². The largest absolute Gasteiger partial charge is 0.218 e. The zero-order chi connectivity index (χ0) is 27.5. The SMILES string of the molecule is O=S1(=O)c2ccccc2-c2cc3c(cc21)-c1ccccc1C31c2ccccc2-c2ccccc2-c2ccc(Br)cc21. The molecule has 4 heteroatoms. The van der Waals surface area contributed by atoms with Crippen molar-refractivity contribution < 1.29 is 8.42 Å². The number of fused-ring (bicyclic) bond motifs is 15. The first-order valence-electron chi connectivity index (χ1n) is 13.6. The van der Waals surface area contributed by atoms with Gasteiger partial charge in [0, 0.05) is 15.6 Å². The average Bonchev–Trinajstić information content (AvgIpc) is 3.38. The summed E-state index contributed by atoms with van der Waals surface area (Å²) in [7, 11) is -3.62. The summed E-state index contributed by atoms with van der Waals surface area (Å²) in [5.41, 5.74) is 12.4. The predicted molar refractivity (Wildman–Crippen MR) is 167 cm³/mol. The van der Waals surface area contributed by atoms with Gasteiger partial charge in [0.25, 0.3) is 0 Å². The van der Waals surface area contributed by atoms with Crippen molar-refractivity contribution in [2.24, 2.45) is 0 Å². The molecule has 6 aromatic rings. The number of hydrogen-bond donors (Lipinski definition) is 0. The second kappa shape index (κ2) is 7.94. The van der Waals surface area contributed by atoms with E-state index in [4.69, 9.17) is 0 Å². The van der Waals surface area contributed by atoms with Crippen LogP contribution in [0.5, 0.6) is 0 Å². The van der Waals surface area contributed by atoms with Crippen molar-refractivity contribution in [2.75, 3.05) is 0 Å². The molecule has 0 amide bonds. The summed E-state index contributed by atoms with van der Waals surface area (Å²) in [6.07, 6.45) is 0. The molecule has 0 bridgehead atoms. The van der Waals surface area contributed by atoms with Gasteiger partial charge in [0.15, 0.2) is 0 Å². The Balaban J connectivity index is 1.53. The Hall–Kier alpha value is -4.25. The van der Waals surface area contributed by atoms with Gasteiger partial charge in [-0.05, 0) is 86.0 Å². The molecular formula is C37H21BrO2S. The minimum absolute atomic E-state index is 0.387. The highest BCUT2D eigenvalue weighted by atomic mass is 79.9. The minimum Gasteiger partial charge on any atom is -0.218 e. The van der Waals surface area contributed by atoms with Crippen molar-refractivity contribution >= 4 is 25.8 Å². The lowest BCUT2D eigenvalue weighted by Crippen LogP contribution is -2.29. The molecule has 41 heavy (non-hydrogen) atoms. The molecule has 6 aromatic carbocycles. The van der Waals surface area contributed by atoms with Crippen LogP contribution in [0.2, 0.25) is 0 Å². The van der Waals surface area contributed by atoms with Crippen molar-refractivity contribution in [3.05, 3.63) is 154 Å². The Morgan fingerprint density at radius 2 is 0.927 bits per heavy atom.